The van der Waals surface area contributed by atoms with Crippen molar-refractivity contribution >= 4 is 162 Å². The van der Waals surface area contributed by atoms with E-state index in [0.717, 1.165) is 12.7 Å². The van der Waals surface area contributed by atoms with Crippen molar-refractivity contribution in [3.05, 3.63) is 92.4 Å². The van der Waals surface area contributed by atoms with Crippen LogP contribution in [-0.2, 0) is 126 Å². The summed E-state index contributed by atoms with van der Waals surface area (Å²) in [6, 6.07) is -4.49. The first kappa shape index (κ1) is 106. The number of aliphatic hydroxyl groups is 2. The number of phosphoric ester groups is 4. The summed E-state index contributed by atoms with van der Waals surface area (Å²) in [5.74, 6) is 0.266. The Morgan fingerprint density at radius 3 is 1.02 bits per heavy atom. The molecule has 78 nitrogen and oxygen atoms in total. The summed E-state index contributed by atoms with van der Waals surface area (Å²) in [7, 11) is -66.6. The maximum absolute atomic E-state index is 11.9. The largest absolute Gasteiger partial charge is 0.490 e. The molecule has 22 unspecified atom stereocenters. The summed E-state index contributed by atoms with van der Waals surface area (Å²) >= 11 is 0. The number of hydrogen-bond donors (Lipinski definition) is 22. The Labute approximate surface area is 713 Å². The summed E-state index contributed by atoms with van der Waals surface area (Å²) in [4.78, 5) is 201. The number of hydrogen-bond acceptors (Lipinski definition) is 50. The van der Waals surface area contributed by atoms with Crippen molar-refractivity contribution in [3.63, 3.8) is 0 Å². The van der Waals surface area contributed by atoms with E-state index in [1.165, 1.54) is 56.2 Å². The van der Waals surface area contributed by atoms with Gasteiger partial charge in [0.15, 0.2) is 52.1 Å². The fraction of sp³-hybridized carbons (Fsp3) is 0.500. The lowest BCUT2D eigenvalue weighted by atomic mass is 10.1. The molecule has 26 N–H and O–H groups in total. The molecule has 716 valence electrons. The van der Waals surface area contributed by atoms with E-state index in [0.29, 0.717) is 5.65 Å². The van der Waals surface area contributed by atoms with E-state index in [-0.39, 0.29) is 75.1 Å². The molecule has 0 amide bonds. The summed E-state index contributed by atoms with van der Waals surface area (Å²) in [6.45, 7) is -3.41. The van der Waals surface area contributed by atoms with E-state index in [1.807, 2.05) is 0 Å². The lowest BCUT2D eigenvalue weighted by molar-refractivity contribution is -0.0482. The summed E-state index contributed by atoms with van der Waals surface area (Å²) in [5.41, 5.74) is 59.8. The summed E-state index contributed by atoms with van der Waals surface area (Å²) < 4.78 is 211. The van der Waals surface area contributed by atoms with Crippen LogP contribution in [0.5, 0.6) is 0 Å². The molecule has 4 fully saturated rings. The number of imidazole rings is 4. The quantitative estimate of drug-likeness (QED) is 0.0112. The molecule has 0 radical (unpaired) electrons. The van der Waals surface area contributed by atoms with E-state index in [9.17, 15) is 99.2 Å². The average Bonchev–Trinajstić information content (AvgIpc) is 1.62. The Morgan fingerprint density at radius 1 is 0.338 bits per heavy atom. The highest BCUT2D eigenvalue weighted by Crippen LogP contribution is 2.70. The van der Waals surface area contributed by atoms with Crippen LogP contribution in [0.2, 0.25) is 0 Å². The third-order valence-electron chi connectivity index (χ3n) is 15.8. The molecule has 130 heavy (non-hydrogen) atoms. The van der Waals surface area contributed by atoms with Gasteiger partial charge in [-0.3, -0.25) is 36.4 Å². The van der Waals surface area contributed by atoms with Crippen molar-refractivity contribution in [1.82, 2.24) is 78.1 Å². The van der Waals surface area contributed by atoms with Gasteiger partial charge in [0.1, 0.15) is 84.3 Å². The number of aliphatic hydroxyl groups excluding tert-OH is 2. The Morgan fingerprint density at radius 2 is 0.646 bits per heavy atom. The fourth-order valence-electron chi connectivity index (χ4n) is 11.2. The molecule has 0 aliphatic carbocycles. The van der Waals surface area contributed by atoms with Gasteiger partial charge < -0.3 is 130 Å². The van der Waals surface area contributed by atoms with Gasteiger partial charge in [0.25, 0.3) is 0 Å². The maximum atomic E-state index is 11.9. The Balaban J connectivity index is 0.000000195. The smallest absolute Gasteiger partial charge is 0.390 e. The highest BCUT2D eigenvalue weighted by Gasteiger charge is 2.52. The van der Waals surface area contributed by atoms with Crippen LogP contribution in [0, 0.1) is 0 Å². The van der Waals surface area contributed by atoms with Gasteiger partial charge in [-0.15, -0.1) is 0 Å². The van der Waals surface area contributed by atoms with E-state index in [2.05, 4.69) is 152 Å². The second-order valence-electron chi connectivity index (χ2n) is 24.7. The molecule has 12 heterocycles. The van der Waals surface area contributed by atoms with Gasteiger partial charge in [0.2, 0.25) is 0 Å². The van der Waals surface area contributed by atoms with Crippen molar-refractivity contribution in [3.8, 4) is 0 Å². The third kappa shape index (κ3) is 29.5. The Hall–Kier alpha value is -7.96. The number of nitrogen functional groups attached to an aromatic ring is 4. The van der Waals surface area contributed by atoms with E-state index >= 15 is 0 Å². The number of nitrogens with two attached hydrogens (primary N) is 4. The zero-order valence-electron chi connectivity index (χ0n) is 62.6. The van der Waals surface area contributed by atoms with Gasteiger partial charge in [-0.2, -0.15) is 34.5 Å². The summed E-state index contributed by atoms with van der Waals surface area (Å²) in [5, 5.41) is 35.0. The number of fused-ring (bicyclic) bond motifs is 4. The number of ether oxygens (including phenoxy) is 4. The number of aromatic nitrogens is 16. The van der Waals surface area contributed by atoms with Crippen LogP contribution in [0.3, 0.4) is 0 Å². The van der Waals surface area contributed by atoms with Gasteiger partial charge >= 0.3 is 93.9 Å². The molecule has 4 aliphatic heterocycles. The zero-order valence-corrected chi connectivity index (χ0v) is 73.4. The summed E-state index contributed by atoms with van der Waals surface area (Å²) in [6.07, 6.45) is -2.81. The molecule has 0 aromatic carbocycles. The second-order valence-corrected chi connectivity index (χ2v) is 42.4. The van der Waals surface area contributed by atoms with Crippen LogP contribution >= 0.6 is 93.9 Å². The number of azide groups is 4. The molecule has 22 atom stereocenters. The topological polar surface area (TPSA) is 1190 Å². The minimum atomic E-state index is -5.73. The van der Waals surface area contributed by atoms with Crippen molar-refractivity contribution < 1.29 is 215 Å². The third-order valence-corrected chi connectivity index (χ3v) is 31.0. The van der Waals surface area contributed by atoms with Crippen LogP contribution in [0.15, 0.2) is 71.1 Å². The monoisotopic (exact) mass is 2100 g/mol. The van der Waals surface area contributed by atoms with Crippen molar-refractivity contribution in [2.75, 3.05) is 49.4 Å². The molecule has 12 rings (SSSR count). The van der Waals surface area contributed by atoms with Crippen molar-refractivity contribution in [2.45, 2.75) is 98.5 Å². The minimum absolute atomic E-state index is 0.0231. The lowest BCUT2D eigenvalue weighted by Gasteiger charge is -2.19. The first-order valence-electron chi connectivity index (χ1n) is 33.1. The Bertz CT molecular complexity index is 6330. The highest BCUT2D eigenvalue weighted by atomic mass is 31.3. The number of rotatable bonds is 36. The van der Waals surface area contributed by atoms with Crippen LogP contribution in [0.1, 0.15) is 37.8 Å². The lowest BCUT2D eigenvalue weighted by Crippen LogP contribution is -2.32. The predicted molar refractivity (Wildman–Crippen MR) is 407 cm³/mol. The van der Waals surface area contributed by atoms with Gasteiger partial charge in [-0.1, -0.05) is 20.5 Å². The molecule has 4 saturated heterocycles. The van der Waals surface area contributed by atoms with Gasteiger partial charge in [-0.25, -0.2) is 115 Å². The maximum Gasteiger partial charge on any atom is 0.490 e. The average molecular weight is 2100 g/mol. The van der Waals surface area contributed by atoms with Crippen LogP contribution < -0.4 is 22.9 Å². The van der Waals surface area contributed by atoms with Crippen LogP contribution in [0.25, 0.3) is 86.4 Å². The first-order valence-corrected chi connectivity index (χ1v) is 51.1. The van der Waals surface area contributed by atoms with Crippen molar-refractivity contribution in [2.24, 2.45) is 20.5 Å². The molecule has 0 spiro atoms. The van der Waals surface area contributed by atoms with Gasteiger partial charge in [-0.05, 0) is 28.5 Å². The molecule has 90 heteroatoms. The van der Waals surface area contributed by atoms with Crippen LogP contribution in [0.4, 0.5) is 23.3 Å². The number of anilines is 4. The standard InChI is InChI=1S/2C10H15N8O12P3.2C10H15N8O11P3/c11-8-6-9(14-2-13-8)18(3-15-6)10-5(16-17-12)7(19)4(28-10)1-27-32(23,24)30-33(25,26)29-31(20,21)22;11-8-6-9(14-2-13-8)18(3-15-6)10-7(19)5(16-17-12)4(28-10)1-27-32(23,24)30-33(25,26)29-31(20,21)22;11-9-8-10(14-3-13-9)18(4-15-8)7-1-5(16-17-12)6(27-7)2-26-31(22,23)29-32(24,25)28-30(19,20)21;11-8-7-9(14-3-13-8)18(4-15-7)10-6(16-17-12)1-5(27-10)2-26-31(22,23)29-32(24,25)28-30(19,20)21/h2*2-5,7,10,19H,1H2,(H,23,24)(H,25,26)(H2,11,13,14)(H2,20,21,22);3-7H,1-2H2,(H,22,23)(H,24,25)(H2,11,13,14)(H2,19,20,21);3-6,10H,1-2H2,(H,22,23)(H,24,25)(H2,11,13,14)(H2,19,20,21). The molecule has 0 saturated carbocycles. The van der Waals surface area contributed by atoms with E-state index in [4.69, 9.17) is 108 Å². The van der Waals surface area contributed by atoms with Crippen LogP contribution in [-0.4, -0.2) is 254 Å². The van der Waals surface area contributed by atoms with Gasteiger partial charge in [0.05, 0.1) is 94.3 Å². The van der Waals surface area contributed by atoms with E-state index < -0.39 is 206 Å². The second kappa shape index (κ2) is 41.9. The Kier molecular flexibility index (Phi) is 34.1. The highest BCUT2D eigenvalue weighted by molar-refractivity contribution is 7.68. The normalized spacial score (nSPS) is 26.1. The zero-order chi connectivity index (χ0) is 96.7. The molecule has 0 bridgehead atoms. The SMILES string of the molecule is [N-]=[N+]=NC1C(COP(=O)(O)OP(=O)(O)OP(=O)(O)O)OC(n2cnc3c(N)ncnc32)C1O.[N-]=[N+]=NC1C(O)C(COP(=O)(O)OP(=O)(O)OP(=O)(O)O)OC1n1cnc2c(N)ncnc21.[N-]=[N+]=NC1CC(COP(=O)(O)OP(=O)(O)OP(=O)(O)O)OC1n1cnc2c(N)ncnc21.[N-]=[N+]=NC1CC(n2cnc3c(N)ncnc32)OC1COP(=O)(O)OP(=O)(O)OP(=O)(O)O. The molecular weight excluding hydrogens is 2040 g/mol. The molecule has 4 aliphatic rings. The van der Waals surface area contributed by atoms with Crippen molar-refractivity contribution in [1.29, 1.82) is 0 Å². The minimum Gasteiger partial charge on any atom is -0.390 e. The van der Waals surface area contributed by atoms with Gasteiger partial charge in [0, 0.05) is 26.1 Å². The molecule has 8 aromatic rings. The molecule has 8 aromatic heterocycles. The number of phosphoric acid groups is 12. The molecular formula is C40H60N32O46P12. The predicted octanol–water partition coefficient (Wildman–Crippen LogP) is 0.814. The van der Waals surface area contributed by atoms with E-state index in [1.54, 1.807) is 0 Å². The fourth-order valence-corrected chi connectivity index (χ4v) is 23.3. The first-order chi connectivity index (χ1) is 60.1. The number of nitrogens with zero attached hydrogens (tertiary/aromatic N) is 28.